The van der Waals surface area contributed by atoms with Gasteiger partial charge in [0.05, 0.1) is 6.54 Å². The van der Waals surface area contributed by atoms with Crippen LogP contribution in [0.25, 0.3) is 0 Å². The zero-order chi connectivity index (χ0) is 10.8. The predicted octanol–water partition coefficient (Wildman–Crippen LogP) is 0.955. The van der Waals surface area contributed by atoms with E-state index in [1.807, 2.05) is 18.2 Å². The van der Waals surface area contributed by atoms with E-state index < -0.39 is 6.03 Å². The maximum absolute atomic E-state index is 10.6. The lowest BCUT2D eigenvalue weighted by Gasteiger charge is -2.10. The number of nitrogens with zero attached hydrogens (tertiary/aromatic N) is 2. The van der Waals surface area contributed by atoms with Crippen molar-refractivity contribution in [2.45, 2.75) is 12.3 Å². The lowest BCUT2D eigenvalue weighted by molar-refractivity contribution is -0.0432. The van der Waals surface area contributed by atoms with Crippen molar-refractivity contribution in [3.8, 4) is 0 Å². The lowest BCUT2D eigenvalue weighted by Crippen LogP contribution is -2.34. The Balaban J connectivity index is 1.89. The van der Waals surface area contributed by atoms with Crippen LogP contribution in [-0.2, 0) is 0 Å². The van der Waals surface area contributed by atoms with Crippen molar-refractivity contribution < 1.29 is 10.0 Å². The number of pyridine rings is 1. The number of primary amides is 1. The van der Waals surface area contributed by atoms with Crippen LogP contribution < -0.4 is 5.73 Å². The van der Waals surface area contributed by atoms with E-state index in [1.54, 1.807) is 6.20 Å². The molecule has 15 heavy (non-hydrogen) atoms. The molecule has 1 aromatic rings. The van der Waals surface area contributed by atoms with Crippen LogP contribution in [0.4, 0.5) is 4.79 Å². The number of carbonyl (C=O) groups excluding carboxylic acids is 1. The van der Waals surface area contributed by atoms with E-state index in [-0.39, 0.29) is 12.5 Å². The molecule has 1 aliphatic rings. The van der Waals surface area contributed by atoms with Gasteiger partial charge in [-0.15, -0.1) is 0 Å². The minimum absolute atomic E-state index is 0.275. The fraction of sp³-hybridized carbons (Fsp3) is 0.400. The molecule has 0 saturated heterocycles. The Morgan fingerprint density at radius 2 is 2.47 bits per heavy atom. The second kappa shape index (κ2) is 3.86. The molecular weight excluding hydrogens is 194 g/mol. The summed E-state index contributed by atoms with van der Waals surface area (Å²) in [6.07, 6.45) is 2.69. The molecule has 2 amide bonds. The first-order valence-corrected chi connectivity index (χ1v) is 4.85. The van der Waals surface area contributed by atoms with E-state index in [2.05, 4.69) is 4.98 Å². The Bertz CT molecular complexity index is 355. The Kier molecular flexibility index (Phi) is 2.55. The molecule has 0 aromatic carbocycles. The summed E-state index contributed by atoms with van der Waals surface area (Å²) in [6.45, 7) is 0.288. The Hall–Kier alpha value is -1.62. The second-order valence-corrected chi connectivity index (χ2v) is 3.78. The highest BCUT2D eigenvalue weighted by Gasteiger charge is 2.40. The summed E-state index contributed by atoms with van der Waals surface area (Å²) in [5, 5.41) is 9.70. The van der Waals surface area contributed by atoms with Gasteiger partial charge in [0, 0.05) is 17.8 Å². The van der Waals surface area contributed by atoms with Crippen LogP contribution in [0.2, 0.25) is 0 Å². The minimum atomic E-state index is -0.804. The minimum Gasteiger partial charge on any atom is -0.350 e. The molecule has 1 heterocycles. The molecule has 0 aliphatic heterocycles. The van der Waals surface area contributed by atoms with Crippen LogP contribution in [0.5, 0.6) is 0 Å². The van der Waals surface area contributed by atoms with Crippen LogP contribution >= 0.6 is 0 Å². The van der Waals surface area contributed by atoms with Gasteiger partial charge in [-0.05, 0) is 24.5 Å². The van der Waals surface area contributed by atoms with E-state index in [9.17, 15) is 4.79 Å². The smallest absolute Gasteiger partial charge is 0.338 e. The molecule has 1 fully saturated rings. The number of hydroxylamine groups is 2. The van der Waals surface area contributed by atoms with Gasteiger partial charge >= 0.3 is 6.03 Å². The Morgan fingerprint density at radius 1 is 1.67 bits per heavy atom. The average Bonchev–Trinajstić information content (AvgIpc) is 2.98. The number of urea groups is 1. The van der Waals surface area contributed by atoms with Crippen LogP contribution in [0.15, 0.2) is 24.4 Å². The van der Waals surface area contributed by atoms with Gasteiger partial charge in [0.1, 0.15) is 0 Å². The number of carbonyl (C=O) groups is 1. The van der Waals surface area contributed by atoms with Crippen LogP contribution in [-0.4, -0.2) is 27.8 Å². The van der Waals surface area contributed by atoms with Crippen LogP contribution in [0.3, 0.4) is 0 Å². The monoisotopic (exact) mass is 207 g/mol. The summed E-state index contributed by atoms with van der Waals surface area (Å²) >= 11 is 0. The molecule has 1 aromatic heterocycles. The fourth-order valence-electron chi connectivity index (χ4n) is 1.72. The van der Waals surface area contributed by atoms with Crippen molar-refractivity contribution in [1.29, 1.82) is 0 Å². The number of amides is 2. The van der Waals surface area contributed by atoms with Gasteiger partial charge in [0.2, 0.25) is 0 Å². The molecule has 2 atom stereocenters. The molecule has 0 spiro atoms. The lowest BCUT2D eigenvalue weighted by atomic mass is 10.2. The topological polar surface area (TPSA) is 79.5 Å². The maximum atomic E-state index is 10.6. The first kappa shape index (κ1) is 9.92. The quantitative estimate of drug-likeness (QED) is 0.572. The molecule has 5 nitrogen and oxygen atoms in total. The highest BCUT2D eigenvalue weighted by molar-refractivity contribution is 5.70. The number of rotatable bonds is 3. The predicted molar refractivity (Wildman–Crippen MR) is 53.2 cm³/mol. The van der Waals surface area contributed by atoms with Gasteiger partial charge in [-0.25, -0.2) is 9.86 Å². The van der Waals surface area contributed by atoms with Gasteiger partial charge in [-0.1, -0.05) is 6.07 Å². The summed E-state index contributed by atoms with van der Waals surface area (Å²) in [6, 6.07) is 4.95. The van der Waals surface area contributed by atoms with E-state index >= 15 is 0 Å². The van der Waals surface area contributed by atoms with Gasteiger partial charge in [-0.3, -0.25) is 10.2 Å². The molecule has 3 N–H and O–H groups in total. The average molecular weight is 207 g/mol. The molecule has 80 valence electrons. The molecule has 5 heteroatoms. The first-order chi connectivity index (χ1) is 7.18. The van der Waals surface area contributed by atoms with Crippen molar-refractivity contribution in [3.05, 3.63) is 30.1 Å². The third-order valence-electron chi connectivity index (χ3n) is 2.65. The summed E-state index contributed by atoms with van der Waals surface area (Å²) in [5.74, 6) is 0.623. The number of aromatic nitrogens is 1. The van der Waals surface area contributed by atoms with Crippen LogP contribution in [0.1, 0.15) is 18.0 Å². The van der Waals surface area contributed by atoms with E-state index in [1.165, 1.54) is 0 Å². The first-order valence-electron chi connectivity index (χ1n) is 4.85. The van der Waals surface area contributed by atoms with Crippen molar-refractivity contribution in [1.82, 2.24) is 10.0 Å². The highest BCUT2D eigenvalue weighted by Crippen LogP contribution is 2.46. The number of hydrogen-bond acceptors (Lipinski definition) is 3. The van der Waals surface area contributed by atoms with Gasteiger partial charge < -0.3 is 5.73 Å². The molecule has 2 rings (SSSR count). The highest BCUT2D eigenvalue weighted by atomic mass is 16.5. The van der Waals surface area contributed by atoms with Crippen molar-refractivity contribution in [3.63, 3.8) is 0 Å². The van der Waals surface area contributed by atoms with Crippen molar-refractivity contribution in [2.24, 2.45) is 11.7 Å². The van der Waals surface area contributed by atoms with Gasteiger partial charge in [0.25, 0.3) is 0 Å². The molecular formula is C10H13N3O2. The normalized spacial score (nSPS) is 23.5. The van der Waals surface area contributed by atoms with Gasteiger partial charge in [0.15, 0.2) is 0 Å². The molecule has 2 unspecified atom stereocenters. The third-order valence-corrected chi connectivity index (χ3v) is 2.65. The Morgan fingerprint density at radius 3 is 3.07 bits per heavy atom. The largest absolute Gasteiger partial charge is 0.350 e. The van der Waals surface area contributed by atoms with Gasteiger partial charge in [-0.2, -0.15) is 0 Å². The SMILES string of the molecule is NC(=O)N(O)CC1CC1c1ccccn1. The second-order valence-electron chi connectivity index (χ2n) is 3.78. The van der Waals surface area contributed by atoms with E-state index in [4.69, 9.17) is 10.9 Å². The summed E-state index contributed by atoms with van der Waals surface area (Å²) < 4.78 is 0. The van der Waals surface area contributed by atoms with Crippen molar-refractivity contribution in [2.75, 3.05) is 6.54 Å². The van der Waals surface area contributed by atoms with E-state index in [0.717, 1.165) is 12.1 Å². The summed E-state index contributed by atoms with van der Waals surface area (Å²) in [4.78, 5) is 14.8. The summed E-state index contributed by atoms with van der Waals surface area (Å²) in [7, 11) is 0. The zero-order valence-electron chi connectivity index (χ0n) is 8.21. The summed E-state index contributed by atoms with van der Waals surface area (Å²) in [5.41, 5.74) is 5.93. The third kappa shape index (κ3) is 2.24. The number of hydrogen-bond donors (Lipinski definition) is 2. The van der Waals surface area contributed by atoms with Crippen LogP contribution in [0, 0.1) is 5.92 Å². The molecule has 1 saturated carbocycles. The zero-order valence-corrected chi connectivity index (χ0v) is 8.21. The molecule has 0 bridgehead atoms. The molecule has 0 radical (unpaired) electrons. The number of nitrogens with two attached hydrogens (primary N) is 1. The van der Waals surface area contributed by atoms with E-state index in [0.29, 0.717) is 11.0 Å². The maximum Gasteiger partial charge on any atom is 0.338 e. The Labute approximate surface area is 87.5 Å². The molecule has 1 aliphatic carbocycles. The van der Waals surface area contributed by atoms with Crippen molar-refractivity contribution >= 4 is 6.03 Å². The standard InChI is InChI=1S/C10H13N3O2/c11-10(14)13(15)6-7-5-8(7)9-3-1-2-4-12-9/h1-4,7-8,15H,5-6H2,(H2,11,14). The fourth-order valence-corrected chi connectivity index (χ4v) is 1.72.